The van der Waals surface area contributed by atoms with Crippen molar-refractivity contribution in [2.24, 2.45) is 11.7 Å². The van der Waals surface area contributed by atoms with Crippen molar-refractivity contribution in [2.45, 2.75) is 26.7 Å². The number of nitrogens with two attached hydrogens (primary N) is 1. The quantitative estimate of drug-likeness (QED) is 0.861. The lowest BCUT2D eigenvalue weighted by Crippen LogP contribution is -2.19. The maximum Gasteiger partial charge on any atom is 0.0175 e. The number of halogens is 1. The molecule has 1 nitrogen and oxygen atoms in total. The van der Waals surface area contributed by atoms with Gasteiger partial charge in [0.15, 0.2) is 0 Å². The van der Waals surface area contributed by atoms with E-state index in [0.29, 0.717) is 5.92 Å². The van der Waals surface area contributed by atoms with Crippen molar-refractivity contribution in [1.82, 2.24) is 0 Å². The van der Waals surface area contributed by atoms with Crippen LogP contribution >= 0.6 is 15.9 Å². The molecule has 2 heteroatoms. The Morgan fingerprint density at radius 2 is 1.70 bits per heavy atom. The van der Waals surface area contributed by atoms with Crippen LogP contribution < -0.4 is 5.73 Å². The lowest BCUT2D eigenvalue weighted by molar-refractivity contribution is 0.532. The van der Waals surface area contributed by atoms with Gasteiger partial charge in [-0.05, 0) is 68.0 Å². The summed E-state index contributed by atoms with van der Waals surface area (Å²) in [5.41, 5.74) is 11.5. The molecule has 2 aromatic carbocycles. The van der Waals surface area contributed by atoms with Crippen molar-refractivity contribution in [3.05, 3.63) is 69.2 Å². The summed E-state index contributed by atoms with van der Waals surface area (Å²) in [5, 5.41) is 0. The largest absolute Gasteiger partial charge is 0.330 e. The fraction of sp³-hybridized carbons (Fsp3) is 0.333. The maximum absolute atomic E-state index is 5.98. The minimum atomic E-state index is 0.497. The standard InChI is InChI=1S/C18H22BrN/c1-13-3-4-14(2)17(9-13)11-16(12-20)10-15-5-7-18(19)8-6-15/h3-9,16H,10-12,20H2,1-2H3. The summed E-state index contributed by atoms with van der Waals surface area (Å²) < 4.78 is 1.13. The molecule has 0 bridgehead atoms. The summed E-state index contributed by atoms with van der Waals surface area (Å²) in [7, 11) is 0. The predicted molar refractivity (Wildman–Crippen MR) is 90.0 cm³/mol. The van der Waals surface area contributed by atoms with Gasteiger partial charge in [-0.3, -0.25) is 0 Å². The molecule has 2 N–H and O–H groups in total. The molecule has 0 fully saturated rings. The lowest BCUT2D eigenvalue weighted by Gasteiger charge is -2.17. The third kappa shape index (κ3) is 4.19. The zero-order valence-corrected chi connectivity index (χ0v) is 13.8. The number of benzene rings is 2. The Balaban J connectivity index is 2.08. The van der Waals surface area contributed by atoms with Gasteiger partial charge in [0.1, 0.15) is 0 Å². The van der Waals surface area contributed by atoms with Gasteiger partial charge in [0.05, 0.1) is 0 Å². The zero-order chi connectivity index (χ0) is 14.5. The first-order valence-corrected chi connectivity index (χ1v) is 7.88. The number of aryl methyl sites for hydroxylation is 2. The van der Waals surface area contributed by atoms with Crippen LogP contribution in [0, 0.1) is 19.8 Å². The van der Waals surface area contributed by atoms with Crippen molar-refractivity contribution in [3.8, 4) is 0 Å². The monoisotopic (exact) mass is 331 g/mol. The molecule has 0 aliphatic heterocycles. The van der Waals surface area contributed by atoms with Crippen LogP contribution in [0.3, 0.4) is 0 Å². The minimum Gasteiger partial charge on any atom is -0.330 e. The third-order valence-electron chi connectivity index (χ3n) is 3.78. The van der Waals surface area contributed by atoms with E-state index < -0.39 is 0 Å². The van der Waals surface area contributed by atoms with Gasteiger partial charge in [-0.25, -0.2) is 0 Å². The SMILES string of the molecule is Cc1ccc(C)c(CC(CN)Cc2ccc(Br)cc2)c1. The van der Waals surface area contributed by atoms with Crippen LogP contribution in [0.25, 0.3) is 0 Å². The third-order valence-corrected chi connectivity index (χ3v) is 4.31. The highest BCUT2D eigenvalue weighted by molar-refractivity contribution is 9.10. The highest BCUT2D eigenvalue weighted by Crippen LogP contribution is 2.19. The average molecular weight is 332 g/mol. The minimum absolute atomic E-state index is 0.497. The summed E-state index contributed by atoms with van der Waals surface area (Å²) in [6.07, 6.45) is 2.09. The molecular formula is C18H22BrN. The van der Waals surface area contributed by atoms with Crippen LogP contribution in [-0.4, -0.2) is 6.54 Å². The van der Waals surface area contributed by atoms with Crippen molar-refractivity contribution in [2.75, 3.05) is 6.54 Å². The second kappa shape index (κ2) is 7.05. The molecule has 0 aliphatic rings. The number of hydrogen-bond donors (Lipinski definition) is 1. The van der Waals surface area contributed by atoms with E-state index in [2.05, 4.69) is 72.2 Å². The van der Waals surface area contributed by atoms with Crippen LogP contribution in [0.4, 0.5) is 0 Å². The summed E-state index contributed by atoms with van der Waals surface area (Å²) in [5.74, 6) is 0.497. The molecule has 106 valence electrons. The fourth-order valence-corrected chi connectivity index (χ4v) is 2.79. The molecule has 2 rings (SSSR count). The van der Waals surface area contributed by atoms with Crippen LogP contribution in [0.5, 0.6) is 0 Å². The Morgan fingerprint density at radius 1 is 1.00 bits per heavy atom. The van der Waals surface area contributed by atoms with Gasteiger partial charge in [0, 0.05) is 4.47 Å². The molecule has 0 saturated carbocycles. The smallest absolute Gasteiger partial charge is 0.0175 e. The van der Waals surface area contributed by atoms with Crippen molar-refractivity contribution in [1.29, 1.82) is 0 Å². The van der Waals surface area contributed by atoms with E-state index in [-0.39, 0.29) is 0 Å². The second-order valence-corrected chi connectivity index (χ2v) is 6.48. The lowest BCUT2D eigenvalue weighted by atomic mass is 9.90. The van der Waals surface area contributed by atoms with Crippen LogP contribution in [0.2, 0.25) is 0 Å². The molecule has 0 aliphatic carbocycles. The first kappa shape index (κ1) is 15.3. The summed E-state index contributed by atoms with van der Waals surface area (Å²) in [4.78, 5) is 0. The zero-order valence-electron chi connectivity index (χ0n) is 12.2. The molecule has 0 saturated heterocycles. The van der Waals surface area contributed by atoms with E-state index >= 15 is 0 Å². The van der Waals surface area contributed by atoms with Crippen LogP contribution in [0.15, 0.2) is 46.9 Å². The summed E-state index contributed by atoms with van der Waals surface area (Å²) >= 11 is 3.48. The Labute approximate surface area is 130 Å². The van der Waals surface area contributed by atoms with E-state index in [1.54, 1.807) is 0 Å². The Kier molecular flexibility index (Phi) is 5.38. The van der Waals surface area contributed by atoms with E-state index in [1.165, 1.54) is 22.3 Å². The molecule has 20 heavy (non-hydrogen) atoms. The molecule has 1 unspecified atom stereocenters. The molecule has 0 radical (unpaired) electrons. The second-order valence-electron chi connectivity index (χ2n) is 5.57. The number of rotatable bonds is 5. The molecule has 1 atom stereocenters. The highest BCUT2D eigenvalue weighted by Gasteiger charge is 2.11. The molecular weight excluding hydrogens is 310 g/mol. The van der Waals surface area contributed by atoms with Crippen molar-refractivity contribution < 1.29 is 0 Å². The van der Waals surface area contributed by atoms with Gasteiger partial charge in [-0.2, -0.15) is 0 Å². The van der Waals surface area contributed by atoms with Gasteiger partial charge in [0.2, 0.25) is 0 Å². The van der Waals surface area contributed by atoms with Crippen molar-refractivity contribution in [3.63, 3.8) is 0 Å². The number of hydrogen-bond acceptors (Lipinski definition) is 1. The van der Waals surface area contributed by atoms with Crippen LogP contribution in [-0.2, 0) is 12.8 Å². The molecule has 0 aromatic heterocycles. The van der Waals surface area contributed by atoms with Gasteiger partial charge < -0.3 is 5.73 Å². The topological polar surface area (TPSA) is 26.0 Å². The normalized spacial score (nSPS) is 12.4. The summed E-state index contributed by atoms with van der Waals surface area (Å²) in [6.45, 7) is 5.06. The molecule has 2 aromatic rings. The maximum atomic E-state index is 5.98. The Bertz CT molecular complexity index is 560. The predicted octanol–water partition coefficient (Wildman–Crippen LogP) is 4.43. The van der Waals surface area contributed by atoms with Gasteiger partial charge in [-0.15, -0.1) is 0 Å². The van der Waals surface area contributed by atoms with Gasteiger partial charge in [0.25, 0.3) is 0 Å². The van der Waals surface area contributed by atoms with Crippen LogP contribution in [0.1, 0.15) is 22.3 Å². The van der Waals surface area contributed by atoms with Crippen molar-refractivity contribution >= 4 is 15.9 Å². The van der Waals surface area contributed by atoms with E-state index in [1.807, 2.05) is 0 Å². The first-order chi connectivity index (χ1) is 9.58. The highest BCUT2D eigenvalue weighted by atomic mass is 79.9. The van der Waals surface area contributed by atoms with E-state index in [9.17, 15) is 0 Å². The average Bonchev–Trinajstić information content (AvgIpc) is 2.44. The Morgan fingerprint density at radius 3 is 2.35 bits per heavy atom. The van der Waals surface area contributed by atoms with E-state index in [0.717, 1.165) is 23.9 Å². The van der Waals surface area contributed by atoms with Gasteiger partial charge in [-0.1, -0.05) is 51.8 Å². The molecule has 0 spiro atoms. The Hall–Kier alpha value is -1.12. The van der Waals surface area contributed by atoms with E-state index in [4.69, 9.17) is 5.73 Å². The molecule has 0 heterocycles. The summed E-state index contributed by atoms with van der Waals surface area (Å²) in [6, 6.07) is 15.2. The molecule has 0 amide bonds. The van der Waals surface area contributed by atoms with Gasteiger partial charge >= 0.3 is 0 Å². The first-order valence-electron chi connectivity index (χ1n) is 7.09. The fourth-order valence-electron chi connectivity index (χ4n) is 2.52.